The molecule has 3 N–H and O–H groups in total. The summed E-state index contributed by atoms with van der Waals surface area (Å²) in [7, 11) is 0. The summed E-state index contributed by atoms with van der Waals surface area (Å²) >= 11 is 0. The van der Waals surface area contributed by atoms with Crippen molar-refractivity contribution in [2.75, 3.05) is 5.73 Å². The van der Waals surface area contributed by atoms with E-state index in [4.69, 9.17) is 10.5 Å². The highest BCUT2D eigenvalue weighted by molar-refractivity contribution is 5.94. The van der Waals surface area contributed by atoms with E-state index in [0.29, 0.717) is 0 Å². The maximum atomic E-state index is 12.3. The summed E-state index contributed by atoms with van der Waals surface area (Å²) in [4.78, 5) is 32.1. The Bertz CT molecular complexity index is 541. The van der Waals surface area contributed by atoms with Gasteiger partial charge < -0.3 is 15.8 Å². The molecule has 1 unspecified atom stereocenters. The van der Waals surface area contributed by atoms with Crippen LogP contribution in [-0.2, 0) is 9.53 Å². The number of anilines is 1. The quantitative estimate of drug-likeness (QED) is 0.794. The molecule has 1 aliphatic carbocycles. The fourth-order valence-electron chi connectivity index (χ4n) is 2.52. The smallest absolute Gasteiger partial charge is 0.361 e. The Kier molecular flexibility index (Phi) is 5.30. The molecule has 1 amide bonds. The molecule has 7 heteroatoms. The van der Waals surface area contributed by atoms with Gasteiger partial charge in [0, 0.05) is 18.4 Å². The standard InChI is InChI=1S/C15H22N4O3/c1-9(2)12(14(20)19-10-5-3-4-6-10)22-15(21)11-13(16)18-8-7-17-11/h7-10,12H,3-6H2,1-2H3,(H2,16,18)(H,19,20). The minimum atomic E-state index is -0.866. The maximum Gasteiger partial charge on any atom is 0.361 e. The zero-order chi connectivity index (χ0) is 16.1. The predicted octanol–water partition coefficient (Wildman–Crippen LogP) is 1.30. The highest BCUT2D eigenvalue weighted by atomic mass is 16.5. The Morgan fingerprint density at radius 3 is 2.50 bits per heavy atom. The third kappa shape index (κ3) is 3.93. The van der Waals surface area contributed by atoms with Crippen molar-refractivity contribution in [3.63, 3.8) is 0 Å². The van der Waals surface area contributed by atoms with Crippen molar-refractivity contribution in [1.29, 1.82) is 0 Å². The summed E-state index contributed by atoms with van der Waals surface area (Å²) in [6, 6.07) is 0.175. The van der Waals surface area contributed by atoms with Gasteiger partial charge in [-0.1, -0.05) is 26.7 Å². The molecule has 120 valence electrons. The van der Waals surface area contributed by atoms with Gasteiger partial charge in [-0.3, -0.25) is 4.79 Å². The van der Waals surface area contributed by atoms with Crippen molar-refractivity contribution < 1.29 is 14.3 Å². The molecule has 1 saturated carbocycles. The average molecular weight is 306 g/mol. The molecule has 0 saturated heterocycles. The largest absolute Gasteiger partial charge is 0.447 e. The molecule has 0 aromatic carbocycles. The summed E-state index contributed by atoms with van der Waals surface area (Å²) in [5.74, 6) is -1.15. The van der Waals surface area contributed by atoms with Crippen LogP contribution < -0.4 is 11.1 Å². The van der Waals surface area contributed by atoms with E-state index in [1.54, 1.807) is 0 Å². The molecular weight excluding hydrogens is 284 g/mol. The number of carbonyl (C=O) groups excluding carboxylic acids is 2. The summed E-state index contributed by atoms with van der Waals surface area (Å²) in [6.07, 6.45) is 6.06. The van der Waals surface area contributed by atoms with Gasteiger partial charge in [0.2, 0.25) is 0 Å². The second-order valence-electron chi connectivity index (χ2n) is 5.85. The topological polar surface area (TPSA) is 107 Å². The molecule has 2 rings (SSSR count). The fraction of sp³-hybridized carbons (Fsp3) is 0.600. The Hall–Kier alpha value is -2.18. The third-order valence-corrected chi connectivity index (χ3v) is 3.72. The molecule has 1 atom stereocenters. The number of amides is 1. The lowest BCUT2D eigenvalue weighted by atomic mass is 10.1. The number of ether oxygens (including phenoxy) is 1. The van der Waals surface area contributed by atoms with Gasteiger partial charge in [0.1, 0.15) is 0 Å². The zero-order valence-electron chi connectivity index (χ0n) is 12.9. The lowest BCUT2D eigenvalue weighted by Crippen LogP contribution is -2.44. The average Bonchev–Trinajstić information content (AvgIpc) is 2.97. The van der Waals surface area contributed by atoms with Gasteiger partial charge >= 0.3 is 5.97 Å². The van der Waals surface area contributed by atoms with Crippen LogP contribution in [0.1, 0.15) is 50.0 Å². The number of carbonyl (C=O) groups is 2. The predicted molar refractivity (Wildman–Crippen MR) is 80.9 cm³/mol. The molecule has 1 aliphatic rings. The van der Waals surface area contributed by atoms with Crippen molar-refractivity contribution in [3.05, 3.63) is 18.1 Å². The first-order chi connectivity index (χ1) is 10.5. The van der Waals surface area contributed by atoms with Crippen molar-refractivity contribution in [1.82, 2.24) is 15.3 Å². The number of rotatable bonds is 5. The second-order valence-corrected chi connectivity index (χ2v) is 5.85. The number of hydrogen-bond donors (Lipinski definition) is 2. The number of aromatic nitrogens is 2. The van der Waals surface area contributed by atoms with Crippen molar-refractivity contribution in [2.24, 2.45) is 5.92 Å². The van der Waals surface area contributed by atoms with Crippen LogP contribution in [0.25, 0.3) is 0 Å². The number of esters is 1. The highest BCUT2D eigenvalue weighted by Crippen LogP contribution is 2.19. The van der Waals surface area contributed by atoms with Crippen LogP contribution in [0.15, 0.2) is 12.4 Å². The zero-order valence-corrected chi connectivity index (χ0v) is 12.9. The van der Waals surface area contributed by atoms with E-state index in [1.807, 2.05) is 13.8 Å². The van der Waals surface area contributed by atoms with E-state index < -0.39 is 12.1 Å². The molecular formula is C15H22N4O3. The molecule has 0 bridgehead atoms. The van der Waals surface area contributed by atoms with Crippen LogP contribution in [0.3, 0.4) is 0 Å². The number of nitrogens with zero attached hydrogens (tertiary/aromatic N) is 2. The molecule has 7 nitrogen and oxygen atoms in total. The Balaban J connectivity index is 2.03. The molecule has 1 fully saturated rings. The van der Waals surface area contributed by atoms with Gasteiger partial charge in [0.05, 0.1) is 0 Å². The third-order valence-electron chi connectivity index (χ3n) is 3.72. The van der Waals surface area contributed by atoms with Gasteiger partial charge in [0.25, 0.3) is 5.91 Å². The molecule has 0 aliphatic heterocycles. The highest BCUT2D eigenvalue weighted by Gasteiger charge is 2.30. The Morgan fingerprint density at radius 2 is 1.91 bits per heavy atom. The fourth-order valence-corrected chi connectivity index (χ4v) is 2.52. The van der Waals surface area contributed by atoms with Crippen LogP contribution in [0, 0.1) is 5.92 Å². The number of nitrogens with one attached hydrogen (secondary N) is 1. The SMILES string of the molecule is CC(C)C(OC(=O)c1nccnc1N)C(=O)NC1CCCC1. The Morgan fingerprint density at radius 1 is 1.27 bits per heavy atom. The lowest BCUT2D eigenvalue weighted by molar-refractivity contribution is -0.132. The first kappa shape index (κ1) is 16.2. The van der Waals surface area contributed by atoms with Crippen LogP contribution in [0.4, 0.5) is 5.82 Å². The van der Waals surface area contributed by atoms with Crippen molar-refractivity contribution in [3.8, 4) is 0 Å². The molecule has 0 spiro atoms. The van der Waals surface area contributed by atoms with Gasteiger partial charge in [-0.05, 0) is 18.8 Å². The summed E-state index contributed by atoms with van der Waals surface area (Å²) in [5, 5.41) is 2.95. The molecule has 0 radical (unpaired) electrons. The van der Waals surface area contributed by atoms with E-state index in [-0.39, 0.29) is 29.4 Å². The number of hydrogen-bond acceptors (Lipinski definition) is 6. The number of nitrogens with two attached hydrogens (primary N) is 1. The number of nitrogen functional groups attached to an aromatic ring is 1. The van der Waals surface area contributed by atoms with Crippen LogP contribution >= 0.6 is 0 Å². The van der Waals surface area contributed by atoms with Gasteiger partial charge in [-0.2, -0.15) is 0 Å². The van der Waals surface area contributed by atoms with Crippen LogP contribution in [0.2, 0.25) is 0 Å². The first-order valence-electron chi connectivity index (χ1n) is 7.57. The van der Waals surface area contributed by atoms with E-state index in [2.05, 4.69) is 15.3 Å². The van der Waals surface area contributed by atoms with E-state index in [9.17, 15) is 9.59 Å². The Labute approximate surface area is 129 Å². The van der Waals surface area contributed by atoms with Crippen molar-refractivity contribution in [2.45, 2.75) is 51.7 Å². The summed E-state index contributed by atoms with van der Waals surface area (Å²) in [6.45, 7) is 3.65. The monoisotopic (exact) mass is 306 g/mol. The molecule has 1 heterocycles. The normalized spacial score (nSPS) is 16.5. The summed E-state index contributed by atoms with van der Waals surface area (Å²) < 4.78 is 5.32. The second kappa shape index (κ2) is 7.20. The molecule has 22 heavy (non-hydrogen) atoms. The van der Waals surface area contributed by atoms with Gasteiger partial charge in [0.15, 0.2) is 17.6 Å². The van der Waals surface area contributed by atoms with Crippen molar-refractivity contribution >= 4 is 17.7 Å². The van der Waals surface area contributed by atoms with Crippen LogP contribution in [-0.4, -0.2) is 34.0 Å². The van der Waals surface area contributed by atoms with Gasteiger partial charge in [-0.25, -0.2) is 14.8 Å². The van der Waals surface area contributed by atoms with E-state index in [1.165, 1.54) is 12.4 Å². The minimum Gasteiger partial charge on any atom is -0.447 e. The van der Waals surface area contributed by atoms with Gasteiger partial charge in [-0.15, -0.1) is 0 Å². The first-order valence-corrected chi connectivity index (χ1v) is 7.57. The van der Waals surface area contributed by atoms with Crippen LogP contribution in [0.5, 0.6) is 0 Å². The molecule has 1 aromatic rings. The maximum absolute atomic E-state index is 12.3. The lowest BCUT2D eigenvalue weighted by Gasteiger charge is -2.22. The summed E-state index contributed by atoms with van der Waals surface area (Å²) in [5.41, 5.74) is 5.54. The molecule has 1 aromatic heterocycles. The minimum absolute atomic E-state index is 0.00814. The van der Waals surface area contributed by atoms with E-state index in [0.717, 1.165) is 25.7 Å². The van der Waals surface area contributed by atoms with E-state index >= 15 is 0 Å².